The number of methoxy groups -OCH3 is 1. The summed E-state index contributed by atoms with van der Waals surface area (Å²) >= 11 is 0. The van der Waals surface area contributed by atoms with Gasteiger partial charge in [-0.2, -0.15) is 5.10 Å². The summed E-state index contributed by atoms with van der Waals surface area (Å²) in [6.45, 7) is 1.57. The van der Waals surface area contributed by atoms with E-state index in [2.05, 4.69) is 25.8 Å². The second-order valence-electron chi connectivity index (χ2n) is 5.31. The molecule has 0 unspecified atom stereocenters. The van der Waals surface area contributed by atoms with Gasteiger partial charge in [0, 0.05) is 18.4 Å². The molecule has 0 radical (unpaired) electrons. The monoisotopic (exact) mass is 301 g/mol. The lowest BCUT2D eigenvalue weighted by Gasteiger charge is -2.34. The van der Waals surface area contributed by atoms with Crippen LogP contribution in [0.1, 0.15) is 12.8 Å². The number of aromatic nitrogens is 3. The molecule has 3 N–H and O–H groups in total. The van der Waals surface area contributed by atoms with E-state index < -0.39 is 5.60 Å². The summed E-state index contributed by atoms with van der Waals surface area (Å²) in [5, 5.41) is 12.8. The van der Waals surface area contributed by atoms with Crippen molar-refractivity contribution in [3.63, 3.8) is 0 Å². The Hall–Kier alpha value is -2.25. The molecule has 1 amide bonds. The van der Waals surface area contributed by atoms with Gasteiger partial charge < -0.3 is 15.4 Å². The van der Waals surface area contributed by atoms with Gasteiger partial charge in [0.1, 0.15) is 11.9 Å². The van der Waals surface area contributed by atoms with Crippen molar-refractivity contribution in [1.82, 2.24) is 20.5 Å². The van der Waals surface area contributed by atoms with Gasteiger partial charge in [-0.15, -0.1) is 0 Å². The van der Waals surface area contributed by atoms with E-state index in [1.54, 1.807) is 7.11 Å². The maximum Gasteiger partial charge on any atom is 0.256 e. The second-order valence-corrected chi connectivity index (χ2v) is 5.31. The van der Waals surface area contributed by atoms with Crippen molar-refractivity contribution >= 4 is 11.6 Å². The first kappa shape index (κ1) is 14.7. The van der Waals surface area contributed by atoms with Gasteiger partial charge in [-0.05, 0) is 50.2 Å². The van der Waals surface area contributed by atoms with Crippen LogP contribution < -0.4 is 10.6 Å². The average Bonchev–Trinajstić information content (AvgIpc) is 3.10. The van der Waals surface area contributed by atoms with Gasteiger partial charge in [-0.25, -0.2) is 4.98 Å². The van der Waals surface area contributed by atoms with Gasteiger partial charge in [-0.3, -0.25) is 9.89 Å². The predicted molar refractivity (Wildman–Crippen MR) is 82.3 cm³/mol. The molecule has 0 bridgehead atoms. The fraction of sp³-hybridized carbons (Fsp3) is 0.400. The molecule has 0 saturated carbocycles. The van der Waals surface area contributed by atoms with Gasteiger partial charge >= 0.3 is 0 Å². The third-order valence-corrected chi connectivity index (χ3v) is 4.05. The van der Waals surface area contributed by atoms with Crippen LogP contribution in [0, 0.1) is 0 Å². The van der Waals surface area contributed by atoms with Crippen molar-refractivity contribution < 1.29 is 9.53 Å². The molecular formula is C15H19N5O2. The number of H-pyrrole nitrogens is 1. The van der Waals surface area contributed by atoms with Crippen molar-refractivity contribution in [3.8, 4) is 11.4 Å². The van der Waals surface area contributed by atoms with Crippen LogP contribution in [-0.4, -0.2) is 46.9 Å². The Kier molecular flexibility index (Phi) is 4.17. The molecule has 116 valence electrons. The molecule has 7 heteroatoms. The van der Waals surface area contributed by atoms with Crippen LogP contribution >= 0.6 is 0 Å². The lowest BCUT2D eigenvalue weighted by molar-refractivity contribution is -0.140. The largest absolute Gasteiger partial charge is 0.368 e. The van der Waals surface area contributed by atoms with E-state index in [9.17, 15) is 4.79 Å². The fourth-order valence-corrected chi connectivity index (χ4v) is 2.66. The van der Waals surface area contributed by atoms with Gasteiger partial charge in [0.25, 0.3) is 5.91 Å². The first-order valence-electron chi connectivity index (χ1n) is 7.27. The van der Waals surface area contributed by atoms with Crippen molar-refractivity contribution in [2.24, 2.45) is 0 Å². The molecule has 1 aromatic heterocycles. The zero-order chi connectivity index (χ0) is 15.4. The van der Waals surface area contributed by atoms with Crippen LogP contribution in [0.3, 0.4) is 0 Å². The van der Waals surface area contributed by atoms with Crippen LogP contribution in [0.5, 0.6) is 0 Å². The number of hydrogen-bond donors (Lipinski definition) is 3. The van der Waals surface area contributed by atoms with Crippen molar-refractivity contribution in [3.05, 3.63) is 30.6 Å². The smallest absolute Gasteiger partial charge is 0.256 e. The molecular weight excluding hydrogens is 282 g/mol. The molecule has 0 aliphatic carbocycles. The standard InChI is InChI=1S/C15H19N5O2/c1-22-15(6-8-16-9-7-15)14(21)19-12-4-2-11(3-5-12)13-17-10-18-20-13/h2-5,10,16H,6-9H2,1H3,(H,19,21)(H,17,18,20). The first-order chi connectivity index (χ1) is 10.7. The Balaban J connectivity index is 1.71. The maximum atomic E-state index is 12.5. The minimum absolute atomic E-state index is 0.0936. The zero-order valence-corrected chi connectivity index (χ0v) is 12.4. The molecule has 2 heterocycles. The van der Waals surface area contributed by atoms with Crippen LogP contribution in [0.4, 0.5) is 5.69 Å². The molecule has 2 aromatic rings. The molecule has 1 fully saturated rings. The highest BCUT2D eigenvalue weighted by molar-refractivity contribution is 5.97. The van der Waals surface area contributed by atoms with E-state index in [1.807, 2.05) is 24.3 Å². The Morgan fingerprint density at radius 1 is 1.27 bits per heavy atom. The number of anilines is 1. The third-order valence-electron chi connectivity index (χ3n) is 4.05. The molecule has 1 saturated heterocycles. The highest BCUT2D eigenvalue weighted by Gasteiger charge is 2.39. The van der Waals surface area contributed by atoms with E-state index in [0.29, 0.717) is 18.7 Å². The van der Waals surface area contributed by atoms with Crippen LogP contribution in [-0.2, 0) is 9.53 Å². The van der Waals surface area contributed by atoms with Gasteiger partial charge in [0.05, 0.1) is 0 Å². The normalized spacial score (nSPS) is 17.1. The number of carbonyl (C=O) groups is 1. The Morgan fingerprint density at radius 3 is 2.59 bits per heavy atom. The van der Waals surface area contributed by atoms with Crippen LogP contribution in [0.25, 0.3) is 11.4 Å². The minimum atomic E-state index is -0.741. The zero-order valence-electron chi connectivity index (χ0n) is 12.4. The summed E-state index contributed by atoms with van der Waals surface area (Å²) in [6, 6.07) is 7.47. The van der Waals surface area contributed by atoms with Crippen molar-refractivity contribution in [2.45, 2.75) is 18.4 Å². The molecule has 7 nitrogen and oxygen atoms in total. The van der Waals surface area contributed by atoms with E-state index in [1.165, 1.54) is 6.33 Å². The quantitative estimate of drug-likeness (QED) is 0.788. The highest BCUT2D eigenvalue weighted by atomic mass is 16.5. The molecule has 1 aliphatic heterocycles. The fourth-order valence-electron chi connectivity index (χ4n) is 2.66. The van der Waals surface area contributed by atoms with Crippen molar-refractivity contribution in [2.75, 3.05) is 25.5 Å². The summed E-state index contributed by atoms with van der Waals surface area (Å²) in [5.74, 6) is 0.605. The molecule has 0 spiro atoms. The molecule has 1 aliphatic rings. The lowest BCUT2D eigenvalue weighted by Crippen LogP contribution is -2.51. The highest BCUT2D eigenvalue weighted by Crippen LogP contribution is 2.25. The topological polar surface area (TPSA) is 91.9 Å². The molecule has 22 heavy (non-hydrogen) atoms. The number of carbonyl (C=O) groups excluding carboxylic acids is 1. The van der Waals surface area contributed by atoms with Gasteiger partial charge in [-0.1, -0.05) is 0 Å². The summed E-state index contributed by atoms with van der Waals surface area (Å²) in [5.41, 5.74) is 0.913. The Bertz CT molecular complexity index is 618. The number of nitrogens with zero attached hydrogens (tertiary/aromatic N) is 2. The SMILES string of the molecule is COC1(C(=O)Nc2ccc(-c3ncn[nH]3)cc2)CCNCC1. The number of piperidine rings is 1. The van der Waals surface area contributed by atoms with Crippen molar-refractivity contribution in [1.29, 1.82) is 0 Å². The number of nitrogens with one attached hydrogen (secondary N) is 3. The minimum Gasteiger partial charge on any atom is -0.368 e. The number of ether oxygens (including phenoxy) is 1. The molecule has 3 rings (SSSR count). The number of aromatic amines is 1. The van der Waals surface area contributed by atoms with E-state index >= 15 is 0 Å². The number of benzene rings is 1. The average molecular weight is 301 g/mol. The van der Waals surface area contributed by atoms with Gasteiger partial charge in [0.2, 0.25) is 0 Å². The molecule has 0 atom stereocenters. The second kappa shape index (κ2) is 6.25. The molecule has 1 aromatic carbocycles. The number of rotatable bonds is 4. The van der Waals surface area contributed by atoms with Crippen LogP contribution in [0.15, 0.2) is 30.6 Å². The van der Waals surface area contributed by atoms with Gasteiger partial charge in [0.15, 0.2) is 5.82 Å². The van der Waals surface area contributed by atoms with E-state index in [0.717, 1.165) is 24.3 Å². The Morgan fingerprint density at radius 2 is 2.00 bits per heavy atom. The summed E-state index contributed by atoms with van der Waals surface area (Å²) in [6.07, 6.45) is 2.81. The van der Waals surface area contributed by atoms with E-state index in [-0.39, 0.29) is 5.91 Å². The van der Waals surface area contributed by atoms with E-state index in [4.69, 9.17) is 4.74 Å². The Labute approximate surface area is 128 Å². The van der Waals surface area contributed by atoms with Crippen LogP contribution in [0.2, 0.25) is 0 Å². The predicted octanol–water partition coefficient (Wildman–Crippen LogP) is 1.18. The summed E-state index contributed by atoms with van der Waals surface area (Å²) in [4.78, 5) is 16.6. The summed E-state index contributed by atoms with van der Waals surface area (Å²) < 4.78 is 5.52. The summed E-state index contributed by atoms with van der Waals surface area (Å²) in [7, 11) is 1.60. The number of amides is 1. The maximum absolute atomic E-state index is 12.5. The first-order valence-corrected chi connectivity index (χ1v) is 7.27. The number of hydrogen-bond acceptors (Lipinski definition) is 5. The lowest BCUT2D eigenvalue weighted by atomic mass is 9.91. The third kappa shape index (κ3) is 2.86.